The van der Waals surface area contributed by atoms with E-state index in [4.69, 9.17) is 14.0 Å². The van der Waals surface area contributed by atoms with Gasteiger partial charge in [-0.25, -0.2) is 0 Å². The molecule has 0 spiro atoms. The number of methoxy groups -OCH3 is 1. The minimum atomic E-state index is -0.273. The lowest BCUT2D eigenvalue weighted by Crippen LogP contribution is -2.34. The van der Waals surface area contributed by atoms with E-state index in [0.29, 0.717) is 24.3 Å². The van der Waals surface area contributed by atoms with Crippen LogP contribution in [-0.4, -0.2) is 37.4 Å². The summed E-state index contributed by atoms with van der Waals surface area (Å²) in [4.78, 5) is 11.9. The molecule has 2 heterocycles. The maximum Gasteiger partial charge on any atom is 0.290 e. The third-order valence-electron chi connectivity index (χ3n) is 3.37. The smallest absolute Gasteiger partial charge is 0.290 e. The number of aromatic nitrogens is 1. The van der Waals surface area contributed by atoms with Gasteiger partial charge in [0.05, 0.1) is 19.3 Å². The van der Waals surface area contributed by atoms with Crippen LogP contribution in [0.4, 0.5) is 0 Å². The molecule has 1 aromatic heterocycles. The normalized spacial score (nSPS) is 22.7. The lowest BCUT2D eigenvalue weighted by atomic mass is 9.93. The summed E-state index contributed by atoms with van der Waals surface area (Å²) < 4.78 is 15.4. The van der Waals surface area contributed by atoms with Gasteiger partial charge in [0.25, 0.3) is 11.8 Å². The summed E-state index contributed by atoms with van der Waals surface area (Å²) in [6.45, 7) is 5.61. The van der Waals surface area contributed by atoms with Crippen molar-refractivity contribution in [2.24, 2.45) is 11.8 Å². The average molecular weight is 268 g/mol. The summed E-state index contributed by atoms with van der Waals surface area (Å²) in [5.74, 6) is 1.00. The summed E-state index contributed by atoms with van der Waals surface area (Å²) in [7, 11) is 1.47. The summed E-state index contributed by atoms with van der Waals surface area (Å²) in [6, 6.07) is 1.47. The highest BCUT2D eigenvalue weighted by Gasteiger charge is 2.31. The second-order valence-corrected chi connectivity index (χ2v) is 5.07. The summed E-state index contributed by atoms with van der Waals surface area (Å²) in [6.07, 6.45) is 1.19. The second-order valence-electron chi connectivity index (χ2n) is 5.07. The number of nitrogens with one attached hydrogen (secondary N) is 1. The molecule has 2 atom stereocenters. The third-order valence-corrected chi connectivity index (χ3v) is 3.37. The molecule has 1 aromatic rings. The zero-order chi connectivity index (χ0) is 13.8. The van der Waals surface area contributed by atoms with E-state index in [9.17, 15) is 4.79 Å². The Kier molecular flexibility index (Phi) is 4.42. The summed E-state index contributed by atoms with van der Waals surface area (Å²) in [5.41, 5.74) is 0. The molecule has 106 valence electrons. The fourth-order valence-electron chi connectivity index (χ4n) is 2.38. The van der Waals surface area contributed by atoms with Gasteiger partial charge in [0.1, 0.15) is 0 Å². The number of rotatable bonds is 5. The number of ether oxygens (including phenoxy) is 2. The number of amides is 1. The number of nitrogens with zero attached hydrogens (tertiary/aromatic N) is 1. The molecule has 6 heteroatoms. The van der Waals surface area contributed by atoms with Gasteiger partial charge in [-0.2, -0.15) is 0 Å². The van der Waals surface area contributed by atoms with Crippen LogP contribution in [0, 0.1) is 11.8 Å². The average Bonchev–Trinajstić information content (AvgIpc) is 3.04. The van der Waals surface area contributed by atoms with Crippen molar-refractivity contribution in [3.05, 3.63) is 11.8 Å². The van der Waals surface area contributed by atoms with E-state index in [1.807, 2.05) is 0 Å². The Hall–Kier alpha value is -1.56. The van der Waals surface area contributed by atoms with Gasteiger partial charge in [-0.15, -0.1) is 0 Å². The van der Waals surface area contributed by atoms with Crippen LogP contribution in [0.3, 0.4) is 0 Å². The van der Waals surface area contributed by atoms with Gasteiger partial charge >= 0.3 is 0 Å². The Morgan fingerprint density at radius 3 is 3.05 bits per heavy atom. The molecule has 1 aliphatic heterocycles. The zero-order valence-electron chi connectivity index (χ0n) is 11.5. The minimum absolute atomic E-state index is 0.164. The Bertz CT molecular complexity index is 430. The van der Waals surface area contributed by atoms with Crippen LogP contribution in [-0.2, 0) is 4.74 Å². The third kappa shape index (κ3) is 3.26. The minimum Gasteiger partial charge on any atom is -0.479 e. The molecule has 6 nitrogen and oxygen atoms in total. The molecule has 0 bridgehead atoms. The molecule has 0 radical (unpaired) electrons. The van der Waals surface area contributed by atoms with Gasteiger partial charge in [0, 0.05) is 19.1 Å². The van der Waals surface area contributed by atoms with Crippen molar-refractivity contribution in [2.75, 3.05) is 20.3 Å². The van der Waals surface area contributed by atoms with Crippen LogP contribution in [0.25, 0.3) is 0 Å². The molecule has 1 N–H and O–H groups in total. The predicted molar refractivity (Wildman–Crippen MR) is 68.1 cm³/mol. The largest absolute Gasteiger partial charge is 0.479 e. The van der Waals surface area contributed by atoms with Crippen molar-refractivity contribution >= 4 is 5.91 Å². The van der Waals surface area contributed by atoms with Crippen molar-refractivity contribution in [2.45, 2.75) is 26.4 Å². The highest BCUT2D eigenvalue weighted by molar-refractivity contribution is 5.91. The maximum atomic E-state index is 11.9. The first-order valence-electron chi connectivity index (χ1n) is 6.52. The van der Waals surface area contributed by atoms with E-state index in [1.165, 1.54) is 13.2 Å². The van der Waals surface area contributed by atoms with E-state index >= 15 is 0 Å². The fraction of sp³-hybridized carbons (Fsp3) is 0.692. The van der Waals surface area contributed by atoms with Gasteiger partial charge in [0.15, 0.2) is 0 Å². The van der Waals surface area contributed by atoms with E-state index < -0.39 is 0 Å². The Morgan fingerprint density at radius 1 is 1.63 bits per heavy atom. The van der Waals surface area contributed by atoms with Crippen LogP contribution >= 0.6 is 0 Å². The Balaban J connectivity index is 1.86. The van der Waals surface area contributed by atoms with Crippen molar-refractivity contribution in [3.63, 3.8) is 0 Å². The molecule has 0 unspecified atom stereocenters. The van der Waals surface area contributed by atoms with E-state index in [1.54, 1.807) is 0 Å². The molecule has 2 rings (SSSR count). The van der Waals surface area contributed by atoms with Crippen LogP contribution in [0.2, 0.25) is 0 Å². The molecule has 1 saturated heterocycles. The van der Waals surface area contributed by atoms with E-state index in [0.717, 1.165) is 13.0 Å². The maximum absolute atomic E-state index is 11.9. The predicted octanol–water partition coefficient (Wildman–Crippen LogP) is 1.47. The first kappa shape index (κ1) is 13.9. The topological polar surface area (TPSA) is 73.6 Å². The molecule has 0 aliphatic carbocycles. The van der Waals surface area contributed by atoms with Crippen LogP contribution in [0.15, 0.2) is 10.6 Å². The van der Waals surface area contributed by atoms with Crippen LogP contribution < -0.4 is 10.1 Å². The molecule has 19 heavy (non-hydrogen) atoms. The van der Waals surface area contributed by atoms with Crippen LogP contribution in [0.1, 0.15) is 30.8 Å². The summed E-state index contributed by atoms with van der Waals surface area (Å²) >= 11 is 0. The lowest BCUT2D eigenvalue weighted by molar-refractivity contribution is 0.0531. The molecule has 0 aromatic carbocycles. The molecule has 1 aliphatic rings. The number of carbonyl (C=O) groups excluding carboxylic acids is 1. The monoisotopic (exact) mass is 268 g/mol. The number of hydrogen-bond donors (Lipinski definition) is 1. The van der Waals surface area contributed by atoms with Crippen LogP contribution in [0.5, 0.6) is 5.88 Å². The molecular weight excluding hydrogens is 248 g/mol. The van der Waals surface area contributed by atoms with Gasteiger partial charge in [-0.3, -0.25) is 4.79 Å². The first-order valence-corrected chi connectivity index (χ1v) is 6.52. The van der Waals surface area contributed by atoms with Gasteiger partial charge in [-0.1, -0.05) is 13.8 Å². The van der Waals surface area contributed by atoms with Gasteiger partial charge < -0.3 is 19.3 Å². The standard InChI is InChI=1S/C13H20N2O4/c1-8(2)12-9(4-5-18-12)7-14-13(16)10-6-11(17-3)15-19-10/h6,8-9,12H,4-5,7H2,1-3H3,(H,14,16)/t9-,12+/m0/s1. The van der Waals surface area contributed by atoms with Crippen molar-refractivity contribution in [1.82, 2.24) is 10.5 Å². The summed E-state index contributed by atoms with van der Waals surface area (Å²) in [5, 5.41) is 6.45. The zero-order valence-corrected chi connectivity index (χ0v) is 11.5. The SMILES string of the molecule is COc1cc(C(=O)NC[C@@H]2CCO[C@@H]2C(C)C)on1. The van der Waals surface area contributed by atoms with E-state index in [-0.39, 0.29) is 17.8 Å². The molecular formula is C13H20N2O4. The highest BCUT2D eigenvalue weighted by atomic mass is 16.5. The second kappa shape index (κ2) is 6.06. The van der Waals surface area contributed by atoms with E-state index in [2.05, 4.69) is 24.3 Å². The lowest BCUT2D eigenvalue weighted by Gasteiger charge is -2.21. The highest BCUT2D eigenvalue weighted by Crippen LogP contribution is 2.26. The number of carbonyl (C=O) groups is 1. The molecule has 1 amide bonds. The molecule has 0 saturated carbocycles. The number of hydrogen-bond acceptors (Lipinski definition) is 5. The Labute approximate surface area is 112 Å². The van der Waals surface area contributed by atoms with Crippen molar-refractivity contribution < 1.29 is 18.8 Å². The molecule has 1 fully saturated rings. The van der Waals surface area contributed by atoms with Gasteiger partial charge in [-0.05, 0) is 17.5 Å². The van der Waals surface area contributed by atoms with Crippen molar-refractivity contribution in [3.8, 4) is 5.88 Å². The quantitative estimate of drug-likeness (QED) is 0.875. The van der Waals surface area contributed by atoms with Gasteiger partial charge in [0.2, 0.25) is 5.76 Å². The fourth-order valence-corrected chi connectivity index (χ4v) is 2.38. The Morgan fingerprint density at radius 2 is 2.42 bits per heavy atom. The first-order chi connectivity index (χ1) is 9.11. The van der Waals surface area contributed by atoms with Crippen molar-refractivity contribution in [1.29, 1.82) is 0 Å².